The number of ether oxygens (including phenoxy) is 2. The lowest BCUT2D eigenvalue weighted by molar-refractivity contribution is -0.112. The lowest BCUT2D eigenvalue weighted by atomic mass is 10.1. The van der Waals surface area contributed by atoms with Crippen molar-refractivity contribution in [3.63, 3.8) is 0 Å². The number of anilines is 1. The molecule has 34 heavy (non-hydrogen) atoms. The summed E-state index contributed by atoms with van der Waals surface area (Å²) in [6.45, 7) is 0.112. The highest BCUT2D eigenvalue weighted by Gasteiger charge is 2.14. The van der Waals surface area contributed by atoms with Crippen molar-refractivity contribution >= 4 is 46.8 Å². The highest BCUT2D eigenvalue weighted by molar-refractivity contribution is 6.37. The zero-order valence-electron chi connectivity index (χ0n) is 17.8. The van der Waals surface area contributed by atoms with Crippen LogP contribution in [-0.2, 0) is 11.4 Å². The summed E-state index contributed by atoms with van der Waals surface area (Å²) in [6.07, 6.45) is 1.36. The molecule has 0 bridgehead atoms. The molecule has 0 aliphatic rings. The van der Waals surface area contributed by atoms with E-state index < -0.39 is 11.9 Å². The number of hydrogen-bond donors (Lipinski definition) is 2. The van der Waals surface area contributed by atoms with Gasteiger partial charge in [0.05, 0.1) is 22.7 Å². The summed E-state index contributed by atoms with van der Waals surface area (Å²) < 4.78 is 10.8. The molecule has 0 saturated heterocycles. The SMILES string of the molecule is COc1cccc(NC(=O)C(C#N)=Cc2cc(Cl)c(OCc3ccc(C(=O)O)cc3)c(Cl)c2)c1. The molecule has 0 aliphatic carbocycles. The van der Waals surface area contributed by atoms with E-state index in [1.807, 2.05) is 6.07 Å². The van der Waals surface area contributed by atoms with Gasteiger partial charge in [0.25, 0.3) is 5.91 Å². The van der Waals surface area contributed by atoms with Crippen LogP contribution in [0.15, 0.2) is 66.2 Å². The van der Waals surface area contributed by atoms with Crippen LogP contribution < -0.4 is 14.8 Å². The summed E-state index contributed by atoms with van der Waals surface area (Å²) in [5.41, 5.74) is 1.65. The Labute approximate surface area is 205 Å². The number of hydrogen-bond acceptors (Lipinski definition) is 5. The van der Waals surface area contributed by atoms with Gasteiger partial charge in [0, 0.05) is 11.8 Å². The number of methoxy groups -OCH3 is 1. The molecule has 0 spiro atoms. The monoisotopic (exact) mass is 496 g/mol. The molecule has 0 atom stereocenters. The third-order valence-corrected chi connectivity index (χ3v) is 5.17. The summed E-state index contributed by atoms with van der Waals surface area (Å²) in [6, 6.07) is 17.8. The van der Waals surface area contributed by atoms with E-state index in [9.17, 15) is 14.9 Å². The van der Waals surface area contributed by atoms with Gasteiger partial charge >= 0.3 is 5.97 Å². The predicted molar refractivity (Wildman–Crippen MR) is 129 cm³/mol. The molecular weight excluding hydrogens is 479 g/mol. The van der Waals surface area contributed by atoms with Gasteiger partial charge in [-0.3, -0.25) is 4.79 Å². The van der Waals surface area contributed by atoms with Crippen molar-refractivity contribution in [3.05, 3.63) is 93.0 Å². The van der Waals surface area contributed by atoms with Crippen LogP contribution in [0.1, 0.15) is 21.5 Å². The smallest absolute Gasteiger partial charge is 0.335 e. The zero-order chi connectivity index (χ0) is 24.7. The van der Waals surface area contributed by atoms with E-state index in [0.717, 1.165) is 5.56 Å². The number of benzene rings is 3. The second-order valence-corrected chi connectivity index (χ2v) is 7.77. The number of carboxylic acid groups (broad SMARTS) is 1. The summed E-state index contributed by atoms with van der Waals surface area (Å²) in [5, 5.41) is 21.4. The molecule has 7 nitrogen and oxygen atoms in total. The number of carboxylic acids is 1. The molecule has 0 aliphatic heterocycles. The molecule has 2 N–H and O–H groups in total. The summed E-state index contributed by atoms with van der Waals surface area (Å²) in [5.74, 6) is -0.835. The van der Waals surface area contributed by atoms with Gasteiger partial charge in [0.1, 0.15) is 24.0 Å². The minimum Gasteiger partial charge on any atom is -0.497 e. The Kier molecular flexibility index (Phi) is 8.14. The first kappa shape index (κ1) is 24.6. The van der Waals surface area contributed by atoms with Crippen molar-refractivity contribution in [2.24, 2.45) is 0 Å². The molecule has 0 saturated carbocycles. The van der Waals surface area contributed by atoms with Gasteiger partial charge in [-0.25, -0.2) is 4.79 Å². The second-order valence-electron chi connectivity index (χ2n) is 6.96. The van der Waals surface area contributed by atoms with E-state index in [1.54, 1.807) is 36.4 Å². The maximum absolute atomic E-state index is 12.5. The molecule has 0 unspecified atom stereocenters. The molecule has 172 valence electrons. The Bertz CT molecular complexity index is 1270. The Morgan fingerprint density at radius 2 is 1.76 bits per heavy atom. The fourth-order valence-electron chi connectivity index (χ4n) is 2.91. The fourth-order valence-corrected chi connectivity index (χ4v) is 3.53. The molecule has 0 radical (unpaired) electrons. The number of nitrogens with one attached hydrogen (secondary N) is 1. The third-order valence-electron chi connectivity index (χ3n) is 4.61. The van der Waals surface area contributed by atoms with Crippen LogP contribution in [0.2, 0.25) is 10.0 Å². The Hall–Kier alpha value is -3.99. The standard InChI is InChI=1S/C25H18Cl2N2O5/c1-33-20-4-2-3-19(12-20)29-24(30)18(13-28)9-16-10-21(26)23(22(27)11-16)34-14-15-5-7-17(8-6-15)25(31)32/h2-12H,14H2,1H3,(H,29,30)(H,31,32). The molecular formula is C25H18Cl2N2O5. The fraction of sp³-hybridized carbons (Fsp3) is 0.0800. The van der Waals surface area contributed by atoms with E-state index in [0.29, 0.717) is 17.0 Å². The number of nitrogens with zero attached hydrogens (tertiary/aromatic N) is 1. The zero-order valence-corrected chi connectivity index (χ0v) is 19.4. The molecule has 3 aromatic carbocycles. The quantitative estimate of drug-likeness (QED) is 0.300. The Morgan fingerprint density at radius 3 is 2.35 bits per heavy atom. The average Bonchev–Trinajstić information content (AvgIpc) is 2.82. The van der Waals surface area contributed by atoms with E-state index in [4.69, 9.17) is 37.8 Å². The van der Waals surface area contributed by atoms with E-state index >= 15 is 0 Å². The lowest BCUT2D eigenvalue weighted by Gasteiger charge is -2.11. The van der Waals surface area contributed by atoms with Crippen molar-refractivity contribution in [2.45, 2.75) is 6.61 Å². The summed E-state index contributed by atoms with van der Waals surface area (Å²) in [7, 11) is 1.51. The van der Waals surface area contributed by atoms with Gasteiger partial charge in [0.2, 0.25) is 0 Å². The van der Waals surface area contributed by atoms with Gasteiger partial charge in [-0.05, 0) is 53.6 Å². The predicted octanol–water partition coefficient (Wildman–Crippen LogP) is 5.82. The van der Waals surface area contributed by atoms with Crippen LogP contribution in [0.4, 0.5) is 5.69 Å². The normalized spacial score (nSPS) is 10.8. The van der Waals surface area contributed by atoms with Crippen molar-refractivity contribution in [1.29, 1.82) is 5.26 Å². The lowest BCUT2D eigenvalue weighted by Crippen LogP contribution is -2.13. The summed E-state index contributed by atoms with van der Waals surface area (Å²) >= 11 is 12.6. The number of rotatable bonds is 8. The van der Waals surface area contributed by atoms with Crippen LogP contribution in [0.3, 0.4) is 0 Å². The number of amides is 1. The molecule has 1 amide bonds. The van der Waals surface area contributed by atoms with Crippen LogP contribution in [0, 0.1) is 11.3 Å². The van der Waals surface area contributed by atoms with Crippen LogP contribution >= 0.6 is 23.2 Å². The van der Waals surface area contributed by atoms with Crippen LogP contribution in [-0.4, -0.2) is 24.1 Å². The van der Waals surface area contributed by atoms with Gasteiger partial charge in [-0.15, -0.1) is 0 Å². The average molecular weight is 497 g/mol. The molecule has 0 aromatic heterocycles. The largest absolute Gasteiger partial charge is 0.497 e. The molecule has 0 heterocycles. The number of carbonyl (C=O) groups excluding carboxylic acids is 1. The number of carbonyl (C=O) groups is 2. The first-order valence-corrected chi connectivity index (χ1v) is 10.6. The minimum atomic E-state index is -1.02. The molecule has 3 rings (SSSR count). The van der Waals surface area contributed by atoms with Crippen molar-refractivity contribution in [1.82, 2.24) is 0 Å². The van der Waals surface area contributed by atoms with Crippen molar-refractivity contribution in [3.8, 4) is 17.6 Å². The van der Waals surface area contributed by atoms with Crippen LogP contribution in [0.5, 0.6) is 11.5 Å². The molecule has 9 heteroatoms. The van der Waals surface area contributed by atoms with Gasteiger partial charge in [-0.1, -0.05) is 41.4 Å². The molecule has 0 fully saturated rings. The van der Waals surface area contributed by atoms with E-state index in [2.05, 4.69) is 5.32 Å². The Morgan fingerprint density at radius 1 is 1.09 bits per heavy atom. The second kappa shape index (κ2) is 11.2. The highest BCUT2D eigenvalue weighted by atomic mass is 35.5. The first-order valence-electron chi connectivity index (χ1n) is 9.82. The van der Waals surface area contributed by atoms with Gasteiger partial charge in [-0.2, -0.15) is 5.26 Å². The van der Waals surface area contributed by atoms with E-state index in [1.165, 1.54) is 37.5 Å². The van der Waals surface area contributed by atoms with E-state index in [-0.39, 0.29) is 33.5 Å². The maximum Gasteiger partial charge on any atom is 0.335 e. The first-order chi connectivity index (χ1) is 16.3. The van der Waals surface area contributed by atoms with Gasteiger partial charge in [0.15, 0.2) is 5.75 Å². The topological polar surface area (TPSA) is 109 Å². The maximum atomic E-state index is 12.5. The highest BCUT2D eigenvalue weighted by Crippen LogP contribution is 2.35. The molecule has 3 aromatic rings. The number of aromatic carboxylic acids is 1. The number of nitriles is 1. The summed E-state index contributed by atoms with van der Waals surface area (Å²) in [4.78, 5) is 23.5. The Balaban J connectivity index is 1.74. The number of halogens is 2. The van der Waals surface area contributed by atoms with Crippen molar-refractivity contribution < 1.29 is 24.2 Å². The van der Waals surface area contributed by atoms with Crippen molar-refractivity contribution in [2.75, 3.05) is 12.4 Å². The van der Waals surface area contributed by atoms with Crippen LogP contribution in [0.25, 0.3) is 6.08 Å². The van der Waals surface area contributed by atoms with Gasteiger partial charge < -0.3 is 19.9 Å². The third kappa shape index (κ3) is 6.29. The minimum absolute atomic E-state index is 0.112.